The molecule has 1 atom stereocenters. The van der Waals surface area contributed by atoms with E-state index >= 15 is 0 Å². The van der Waals surface area contributed by atoms with Crippen molar-refractivity contribution in [2.24, 2.45) is 0 Å². The van der Waals surface area contributed by atoms with Gasteiger partial charge in [0.05, 0.1) is 4.47 Å². The minimum atomic E-state index is -0.178. The largest absolute Gasteiger partial charge is 0.310 e. The molecule has 0 heterocycles. The highest BCUT2D eigenvalue weighted by atomic mass is 79.9. The van der Waals surface area contributed by atoms with E-state index in [1.807, 2.05) is 26.0 Å². The number of hydrogen-bond acceptors (Lipinski definition) is 1. The van der Waals surface area contributed by atoms with Crippen LogP contribution in [-0.2, 0) is 0 Å². The summed E-state index contributed by atoms with van der Waals surface area (Å²) in [6, 6.07) is 5.43. The molecule has 1 nitrogen and oxygen atoms in total. The van der Waals surface area contributed by atoms with Gasteiger partial charge in [0, 0.05) is 18.0 Å². The first-order valence-corrected chi connectivity index (χ1v) is 6.56. The third kappa shape index (κ3) is 4.14. The Labute approximate surface area is 111 Å². The molecule has 0 fully saturated rings. The molecular weight excluding hydrogens is 281 g/mol. The molecule has 1 unspecified atom stereocenters. The Morgan fingerprint density at radius 2 is 2.24 bits per heavy atom. The predicted octanol–water partition coefficient (Wildman–Crippen LogP) is 4.04. The van der Waals surface area contributed by atoms with E-state index < -0.39 is 0 Å². The van der Waals surface area contributed by atoms with Gasteiger partial charge in [-0.15, -0.1) is 11.8 Å². The van der Waals surface area contributed by atoms with Crippen LogP contribution in [0.15, 0.2) is 22.7 Å². The Balaban J connectivity index is 2.87. The molecule has 0 aliphatic rings. The molecule has 0 radical (unpaired) electrons. The van der Waals surface area contributed by atoms with Crippen LogP contribution >= 0.6 is 15.9 Å². The topological polar surface area (TPSA) is 12.0 Å². The highest BCUT2D eigenvalue weighted by Gasteiger charge is 2.15. The maximum atomic E-state index is 14.0. The van der Waals surface area contributed by atoms with E-state index in [0.717, 1.165) is 19.4 Å². The molecule has 17 heavy (non-hydrogen) atoms. The average Bonchev–Trinajstić information content (AvgIpc) is 2.32. The van der Waals surface area contributed by atoms with Crippen molar-refractivity contribution in [1.82, 2.24) is 5.32 Å². The third-order valence-electron chi connectivity index (χ3n) is 2.54. The first kappa shape index (κ1) is 14.2. The van der Waals surface area contributed by atoms with Crippen molar-refractivity contribution in [3.63, 3.8) is 0 Å². The predicted molar refractivity (Wildman–Crippen MR) is 73.2 cm³/mol. The van der Waals surface area contributed by atoms with E-state index in [-0.39, 0.29) is 11.9 Å². The van der Waals surface area contributed by atoms with Crippen molar-refractivity contribution in [2.75, 3.05) is 6.54 Å². The summed E-state index contributed by atoms with van der Waals surface area (Å²) in [7, 11) is 0. The minimum Gasteiger partial charge on any atom is -0.310 e. The first-order chi connectivity index (χ1) is 8.20. The Morgan fingerprint density at radius 1 is 1.47 bits per heavy atom. The summed E-state index contributed by atoms with van der Waals surface area (Å²) in [5.41, 5.74) is 0.708. The van der Waals surface area contributed by atoms with E-state index in [4.69, 9.17) is 0 Å². The second kappa shape index (κ2) is 7.47. The van der Waals surface area contributed by atoms with Gasteiger partial charge in [0.2, 0.25) is 0 Å². The van der Waals surface area contributed by atoms with Crippen LogP contribution in [-0.4, -0.2) is 6.54 Å². The van der Waals surface area contributed by atoms with Gasteiger partial charge < -0.3 is 5.32 Å². The fraction of sp³-hybridized carbons (Fsp3) is 0.429. The lowest BCUT2D eigenvalue weighted by Gasteiger charge is -2.18. The van der Waals surface area contributed by atoms with E-state index in [1.165, 1.54) is 0 Å². The summed E-state index contributed by atoms with van der Waals surface area (Å²) in [5, 5.41) is 3.30. The molecule has 0 bridgehead atoms. The molecule has 0 saturated heterocycles. The van der Waals surface area contributed by atoms with Gasteiger partial charge in [0.1, 0.15) is 5.82 Å². The quantitative estimate of drug-likeness (QED) is 0.809. The van der Waals surface area contributed by atoms with Crippen molar-refractivity contribution < 1.29 is 4.39 Å². The molecule has 92 valence electrons. The molecule has 0 amide bonds. The molecule has 0 spiro atoms. The van der Waals surface area contributed by atoms with Crippen LogP contribution in [0.2, 0.25) is 0 Å². The van der Waals surface area contributed by atoms with Gasteiger partial charge in [-0.3, -0.25) is 0 Å². The van der Waals surface area contributed by atoms with Crippen LogP contribution in [0.1, 0.15) is 38.3 Å². The van der Waals surface area contributed by atoms with Crippen molar-refractivity contribution in [3.05, 3.63) is 34.1 Å². The molecule has 1 aromatic rings. The van der Waals surface area contributed by atoms with Crippen molar-refractivity contribution in [2.45, 2.75) is 32.7 Å². The molecule has 1 N–H and O–H groups in total. The van der Waals surface area contributed by atoms with Crippen molar-refractivity contribution in [3.8, 4) is 11.8 Å². The van der Waals surface area contributed by atoms with Crippen LogP contribution in [0.5, 0.6) is 0 Å². The minimum absolute atomic E-state index is 0.0262. The maximum Gasteiger partial charge on any atom is 0.142 e. The average molecular weight is 298 g/mol. The van der Waals surface area contributed by atoms with Gasteiger partial charge in [0.15, 0.2) is 0 Å². The third-order valence-corrected chi connectivity index (χ3v) is 3.15. The van der Waals surface area contributed by atoms with Gasteiger partial charge in [-0.25, -0.2) is 4.39 Å². The van der Waals surface area contributed by atoms with Gasteiger partial charge in [-0.05, 0) is 41.9 Å². The fourth-order valence-corrected chi connectivity index (χ4v) is 2.13. The van der Waals surface area contributed by atoms with E-state index in [9.17, 15) is 4.39 Å². The van der Waals surface area contributed by atoms with Gasteiger partial charge >= 0.3 is 0 Å². The van der Waals surface area contributed by atoms with Crippen molar-refractivity contribution >= 4 is 15.9 Å². The Kier molecular flexibility index (Phi) is 6.25. The Hall–Kier alpha value is -0.850. The van der Waals surface area contributed by atoms with Crippen LogP contribution in [0.4, 0.5) is 4.39 Å². The summed E-state index contributed by atoms with van der Waals surface area (Å²) in [6.07, 6.45) is 1.60. The monoisotopic (exact) mass is 297 g/mol. The van der Waals surface area contributed by atoms with E-state index in [2.05, 4.69) is 33.1 Å². The van der Waals surface area contributed by atoms with Gasteiger partial charge in [-0.1, -0.05) is 19.1 Å². The summed E-state index contributed by atoms with van der Waals surface area (Å²) < 4.78 is 14.5. The molecule has 0 aromatic heterocycles. The standard InChI is InChI=1S/C14H17BrFN/c1-3-5-6-10-13(17-4-2)11-8-7-9-12(15)14(11)16/h7-9,13,17H,4,6,10H2,1-2H3. The number of halogens is 2. The summed E-state index contributed by atoms with van der Waals surface area (Å²) in [5.74, 6) is 5.70. The van der Waals surface area contributed by atoms with E-state index in [0.29, 0.717) is 10.0 Å². The number of rotatable bonds is 5. The zero-order valence-electron chi connectivity index (χ0n) is 10.2. The first-order valence-electron chi connectivity index (χ1n) is 5.77. The van der Waals surface area contributed by atoms with E-state index in [1.54, 1.807) is 6.07 Å². The molecule has 0 saturated carbocycles. The zero-order valence-corrected chi connectivity index (χ0v) is 11.8. The normalized spacial score (nSPS) is 11.8. The lowest BCUT2D eigenvalue weighted by Crippen LogP contribution is -2.21. The van der Waals surface area contributed by atoms with Gasteiger partial charge in [0.25, 0.3) is 0 Å². The Bertz CT molecular complexity index is 420. The van der Waals surface area contributed by atoms with Gasteiger partial charge in [-0.2, -0.15) is 0 Å². The summed E-state index contributed by atoms with van der Waals surface area (Å²) >= 11 is 3.22. The number of nitrogens with one attached hydrogen (secondary N) is 1. The molecule has 0 aliphatic carbocycles. The zero-order chi connectivity index (χ0) is 12.7. The fourth-order valence-electron chi connectivity index (χ4n) is 1.75. The Morgan fingerprint density at radius 3 is 2.88 bits per heavy atom. The maximum absolute atomic E-state index is 14.0. The molecular formula is C14H17BrFN. The second-order valence-electron chi connectivity index (χ2n) is 3.72. The highest BCUT2D eigenvalue weighted by Crippen LogP contribution is 2.26. The SMILES string of the molecule is CC#CCCC(NCC)c1cccc(Br)c1F. The second-order valence-corrected chi connectivity index (χ2v) is 4.57. The summed E-state index contributed by atoms with van der Waals surface area (Å²) in [6.45, 7) is 4.66. The van der Waals surface area contributed by atoms with Crippen LogP contribution < -0.4 is 5.32 Å². The highest BCUT2D eigenvalue weighted by molar-refractivity contribution is 9.10. The lowest BCUT2D eigenvalue weighted by atomic mass is 10.0. The van der Waals surface area contributed by atoms with Crippen molar-refractivity contribution in [1.29, 1.82) is 0 Å². The number of benzene rings is 1. The summed E-state index contributed by atoms with van der Waals surface area (Å²) in [4.78, 5) is 0. The lowest BCUT2D eigenvalue weighted by molar-refractivity contribution is 0.488. The van der Waals surface area contributed by atoms with Crippen LogP contribution in [0, 0.1) is 17.7 Å². The molecule has 0 aliphatic heterocycles. The smallest absolute Gasteiger partial charge is 0.142 e. The molecule has 1 aromatic carbocycles. The van der Waals surface area contributed by atoms with Crippen LogP contribution in [0.25, 0.3) is 0 Å². The van der Waals surface area contributed by atoms with Crippen LogP contribution in [0.3, 0.4) is 0 Å². The molecule has 1 rings (SSSR count). The molecule has 3 heteroatoms. The number of hydrogen-bond donors (Lipinski definition) is 1.